The van der Waals surface area contributed by atoms with Crippen molar-refractivity contribution in [2.75, 3.05) is 5.32 Å². The molecule has 26 heavy (non-hydrogen) atoms. The molecule has 0 bridgehead atoms. The SMILES string of the molecule is Cc1nnnn1-c1cccc(NC(=O)c2ccc(OC(F)(F)F)cc2)c1. The Morgan fingerprint density at radius 2 is 1.88 bits per heavy atom. The second-order valence-corrected chi connectivity index (χ2v) is 5.21. The average molecular weight is 363 g/mol. The normalized spacial score (nSPS) is 11.2. The predicted molar refractivity (Wildman–Crippen MR) is 85.0 cm³/mol. The highest BCUT2D eigenvalue weighted by Gasteiger charge is 2.31. The van der Waals surface area contributed by atoms with Gasteiger partial charge in [0.2, 0.25) is 0 Å². The van der Waals surface area contributed by atoms with Crippen LogP contribution in [0.4, 0.5) is 18.9 Å². The van der Waals surface area contributed by atoms with E-state index in [-0.39, 0.29) is 5.56 Å². The maximum atomic E-state index is 12.3. The fraction of sp³-hybridized carbons (Fsp3) is 0.125. The average Bonchev–Trinajstić information content (AvgIpc) is 3.00. The second-order valence-electron chi connectivity index (χ2n) is 5.21. The van der Waals surface area contributed by atoms with Crippen LogP contribution in [0.5, 0.6) is 5.75 Å². The molecule has 134 valence electrons. The molecule has 0 unspecified atom stereocenters. The van der Waals surface area contributed by atoms with E-state index in [2.05, 4.69) is 25.6 Å². The number of ether oxygens (including phenoxy) is 1. The lowest BCUT2D eigenvalue weighted by molar-refractivity contribution is -0.274. The van der Waals surface area contributed by atoms with Crippen LogP contribution in [-0.4, -0.2) is 32.5 Å². The summed E-state index contributed by atoms with van der Waals surface area (Å²) in [5.74, 6) is -0.298. The van der Waals surface area contributed by atoms with Crippen molar-refractivity contribution in [2.24, 2.45) is 0 Å². The van der Waals surface area contributed by atoms with Crippen LogP contribution < -0.4 is 10.1 Å². The van der Waals surface area contributed by atoms with E-state index in [0.29, 0.717) is 17.2 Å². The van der Waals surface area contributed by atoms with Gasteiger partial charge in [-0.1, -0.05) is 6.07 Å². The molecule has 10 heteroatoms. The predicted octanol–water partition coefficient (Wildman–Crippen LogP) is 3.12. The number of aryl methyl sites for hydroxylation is 1. The number of halogens is 3. The summed E-state index contributed by atoms with van der Waals surface area (Å²) in [4.78, 5) is 12.3. The molecule has 1 N–H and O–H groups in total. The monoisotopic (exact) mass is 363 g/mol. The van der Waals surface area contributed by atoms with Gasteiger partial charge in [-0.15, -0.1) is 18.3 Å². The lowest BCUT2D eigenvalue weighted by Gasteiger charge is -2.10. The number of hydrogen-bond donors (Lipinski definition) is 1. The van der Waals surface area contributed by atoms with Gasteiger partial charge in [-0.2, -0.15) is 4.68 Å². The number of benzene rings is 2. The van der Waals surface area contributed by atoms with Gasteiger partial charge in [0, 0.05) is 11.3 Å². The Morgan fingerprint density at radius 1 is 1.15 bits per heavy atom. The van der Waals surface area contributed by atoms with E-state index in [9.17, 15) is 18.0 Å². The van der Waals surface area contributed by atoms with Gasteiger partial charge in [0.1, 0.15) is 5.75 Å². The van der Waals surface area contributed by atoms with E-state index in [4.69, 9.17) is 0 Å². The third kappa shape index (κ3) is 4.15. The van der Waals surface area contributed by atoms with Gasteiger partial charge in [0.05, 0.1) is 5.69 Å². The van der Waals surface area contributed by atoms with Crippen LogP contribution in [0.15, 0.2) is 48.5 Å². The largest absolute Gasteiger partial charge is 0.573 e. The molecule has 1 aromatic heterocycles. The molecule has 0 saturated heterocycles. The molecule has 2 aromatic carbocycles. The van der Waals surface area contributed by atoms with Gasteiger partial charge < -0.3 is 10.1 Å². The smallest absolute Gasteiger partial charge is 0.406 e. The maximum absolute atomic E-state index is 12.3. The summed E-state index contributed by atoms with van der Waals surface area (Å²) in [6.07, 6.45) is -4.78. The molecule has 7 nitrogen and oxygen atoms in total. The molecule has 0 atom stereocenters. The first-order valence-corrected chi connectivity index (χ1v) is 7.34. The standard InChI is InChI=1S/C16H12F3N5O2/c1-10-21-22-23-24(10)13-4-2-3-12(9-13)20-15(25)11-5-7-14(8-6-11)26-16(17,18)19/h2-9H,1H3,(H,20,25). The van der Waals surface area contributed by atoms with Crippen LogP contribution >= 0.6 is 0 Å². The first kappa shape index (κ1) is 17.4. The van der Waals surface area contributed by atoms with E-state index >= 15 is 0 Å². The Bertz CT molecular complexity index is 922. The number of tetrazole rings is 1. The van der Waals surface area contributed by atoms with Crippen LogP contribution in [0.3, 0.4) is 0 Å². The molecule has 1 heterocycles. The summed E-state index contributed by atoms with van der Waals surface area (Å²) in [5, 5.41) is 13.8. The first-order chi connectivity index (χ1) is 12.3. The molecule has 3 aromatic rings. The minimum Gasteiger partial charge on any atom is -0.406 e. The highest BCUT2D eigenvalue weighted by Crippen LogP contribution is 2.23. The Balaban J connectivity index is 1.73. The number of hydrogen-bond acceptors (Lipinski definition) is 5. The quantitative estimate of drug-likeness (QED) is 0.770. The number of amides is 1. The molecule has 0 radical (unpaired) electrons. The lowest BCUT2D eigenvalue weighted by atomic mass is 10.2. The third-order valence-corrected chi connectivity index (χ3v) is 3.32. The third-order valence-electron chi connectivity index (χ3n) is 3.32. The van der Waals surface area contributed by atoms with E-state index in [1.807, 2.05) is 0 Å². The molecule has 0 fully saturated rings. The van der Waals surface area contributed by atoms with Gasteiger partial charge in [-0.3, -0.25) is 4.79 Å². The van der Waals surface area contributed by atoms with Gasteiger partial charge in [-0.05, 0) is 59.8 Å². The second kappa shape index (κ2) is 6.82. The molecule has 3 rings (SSSR count). The van der Waals surface area contributed by atoms with Gasteiger partial charge in [0.15, 0.2) is 5.82 Å². The van der Waals surface area contributed by atoms with Crippen molar-refractivity contribution in [3.8, 4) is 11.4 Å². The van der Waals surface area contributed by atoms with E-state index in [0.717, 1.165) is 12.1 Å². The highest BCUT2D eigenvalue weighted by molar-refractivity contribution is 6.04. The number of carbonyl (C=O) groups excluding carboxylic acids is 1. The van der Waals surface area contributed by atoms with Crippen LogP contribution in [0.2, 0.25) is 0 Å². The Kier molecular flexibility index (Phi) is 4.57. The van der Waals surface area contributed by atoms with Crippen molar-refractivity contribution in [2.45, 2.75) is 13.3 Å². The minimum atomic E-state index is -4.78. The van der Waals surface area contributed by atoms with Gasteiger partial charge >= 0.3 is 6.36 Å². The molecule has 0 aliphatic rings. The van der Waals surface area contributed by atoms with Crippen molar-refractivity contribution < 1.29 is 22.7 Å². The summed E-state index contributed by atoms with van der Waals surface area (Å²) in [7, 11) is 0. The fourth-order valence-corrected chi connectivity index (χ4v) is 2.20. The fourth-order valence-electron chi connectivity index (χ4n) is 2.20. The van der Waals surface area contributed by atoms with Crippen LogP contribution in [0.25, 0.3) is 5.69 Å². The molecule has 0 aliphatic heterocycles. The zero-order valence-electron chi connectivity index (χ0n) is 13.4. The minimum absolute atomic E-state index is 0.184. The molecular weight excluding hydrogens is 351 g/mol. The Morgan fingerprint density at radius 3 is 2.50 bits per heavy atom. The Hall–Kier alpha value is -3.43. The van der Waals surface area contributed by atoms with Gasteiger partial charge in [-0.25, -0.2) is 0 Å². The maximum Gasteiger partial charge on any atom is 0.573 e. The van der Waals surface area contributed by atoms with Crippen molar-refractivity contribution in [3.63, 3.8) is 0 Å². The van der Waals surface area contributed by atoms with E-state index in [1.165, 1.54) is 16.8 Å². The molecule has 1 amide bonds. The summed E-state index contributed by atoms with van der Waals surface area (Å²) in [6, 6.07) is 11.4. The lowest BCUT2D eigenvalue weighted by Crippen LogP contribution is -2.17. The topological polar surface area (TPSA) is 81.9 Å². The van der Waals surface area contributed by atoms with E-state index in [1.54, 1.807) is 31.2 Å². The van der Waals surface area contributed by atoms with Crippen LogP contribution in [-0.2, 0) is 0 Å². The number of nitrogens with one attached hydrogen (secondary N) is 1. The summed E-state index contributed by atoms with van der Waals surface area (Å²) in [5.41, 5.74) is 1.32. The summed E-state index contributed by atoms with van der Waals surface area (Å²) in [6.45, 7) is 1.73. The van der Waals surface area contributed by atoms with Crippen molar-refractivity contribution in [1.82, 2.24) is 20.2 Å². The molecule has 0 aliphatic carbocycles. The first-order valence-electron chi connectivity index (χ1n) is 7.34. The van der Waals surface area contributed by atoms with Gasteiger partial charge in [0.25, 0.3) is 5.91 Å². The zero-order valence-corrected chi connectivity index (χ0v) is 13.4. The van der Waals surface area contributed by atoms with Crippen LogP contribution in [0, 0.1) is 6.92 Å². The number of alkyl halides is 3. The molecule has 0 spiro atoms. The summed E-state index contributed by atoms with van der Waals surface area (Å²) >= 11 is 0. The number of rotatable bonds is 4. The number of aromatic nitrogens is 4. The van der Waals surface area contributed by atoms with Crippen molar-refractivity contribution in [1.29, 1.82) is 0 Å². The van der Waals surface area contributed by atoms with E-state index < -0.39 is 18.0 Å². The molecular formula is C16H12F3N5O2. The van der Waals surface area contributed by atoms with Crippen molar-refractivity contribution in [3.05, 3.63) is 59.9 Å². The molecule has 0 saturated carbocycles. The van der Waals surface area contributed by atoms with Crippen LogP contribution in [0.1, 0.15) is 16.2 Å². The Labute approximate surface area is 145 Å². The number of nitrogens with zero attached hydrogens (tertiary/aromatic N) is 4. The number of anilines is 1. The highest BCUT2D eigenvalue weighted by atomic mass is 19.4. The van der Waals surface area contributed by atoms with Crippen molar-refractivity contribution >= 4 is 11.6 Å². The summed E-state index contributed by atoms with van der Waals surface area (Å²) < 4.78 is 41.7. The zero-order chi connectivity index (χ0) is 18.7. The number of carbonyl (C=O) groups is 1.